The van der Waals surface area contributed by atoms with E-state index in [1.54, 1.807) is 10.6 Å². The van der Waals surface area contributed by atoms with Crippen LogP contribution in [-0.4, -0.2) is 89.5 Å². The zero-order chi connectivity index (χ0) is 23.5. The molecular formula is C24H30FN5O4. The van der Waals surface area contributed by atoms with Crippen molar-refractivity contribution in [1.29, 1.82) is 0 Å². The second-order valence-electron chi connectivity index (χ2n) is 8.94. The molecule has 0 aliphatic carbocycles. The van der Waals surface area contributed by atoms with Gasteiger partial charge in [0.15, 0.2) is 0 Å². The summed E-state index contributed by atoms with van der Waals surface area (Å²) in [5, 5.41) is 13.6. The Morgan fingerprint density at radius 1 is 1.26 bits per heavy atom. The zero-order valence-corrected chi connectivity index (χ0v) is 19.0. The summed E-state index contributed by atoms with van der Waals surface area (Å²) in [6.07, 6.45) is 4.78. The number of dihydropyridines is 1. The van der Waals surface area contributed by atoms with E-state index in [2.05, 4.69) is 20.2 Å². The highest BCUT2D eigenvalue weighted by atomic mass is 19.1. The summed E-state index contributed by atoms with van der Waals surface area (Å²) < 4.78 is 26.7. The first-order valence-electron chi connectivity index (χ1n) is 11.8. The Kier molecular flexibility index (Phi) is 7.00. The van der Waals surface area contributed by atoms with Crippen LogP contribution in [0.3, 0.4) is 0 Å². The first kappa shape index (κ1) is 23.1. The number of halogens is 1. The van der Waals surface area contributed by atoms with E-state index in [-0.39, 0.29) is 30.4 Å². The van der Waals surface area contributed by atoms with Gasteiger partial charge >= 0.3 is 0 Å². The predicted molar refractivity (Wildman–Crippen MR) is 126 cm³/mol. The lowest BCUT2D eigenvalue weighted by Crippen LogP contribution is -2.52. The Bertz CT molecular complexity index is 1150. The van der Waals surface area contributed by atoms with Crippen molar-refractivity contribution in [1.82, 2.24) is 19.8 Å². The van der Waals surface area contributed by atoms with Crippen molar-refractivity contribution in [3.05, 3.63) is 52.4 Å². The van der Waals surface area contributed by atoms with Crippen LogP contribution in [-0.2, 0) is 16.0 Å². The molecule has 2 fully saturated rings. The fraction of sp³-hybridized carbons (Fsp3) is 0.542. The van der Waals surface area contributed by atoms with Gasteiger partial charge in [-0.05, 0) is 18.9 Å². The molecule has 2 saturated heterocycles. The molecule has 0 amide bonds. The van der Waals surface area contributed by atoms with E-state index >= 15 is 0 Å². The topological polar surface area (TPSA) is 101 Å². The third kappa shape index (κ3) is 5.05. The Morgan fingerprint density at radius 2 is 2.18 bits per heavy atom. The number of aliphatic hydroxyl groups is 1. The van der Waals surface area contributed by atoms with Crippen LogP contribution in [0.5, 0.6) is 0 Å². The number of piperidine rings is 1. The maximum absolute atomic E-state index is 13.7. The fourth-order valence-electron chi connectivity index (χ4n) is 4.94. The van der Waals surface area contributed by atoms with Gasteiger partial charge in [-0.25, -0.2) is 4.39 Å². The standard InChI is InChI=1S/C24H30FN5O4/c25-16-9-21-20(28-12-16)1-2-24(32)30(21)6-5-29-4-3-17(10-19(29)15-31)26-13-18-11-22-23(14-27-18)34-8-7-33-22/h1-2,9,11-12,17,19,23,26,31H,3-8,10,13-15H2/t17-,19+,23?/m1/s1. The molecule has 5 rings (SSSR count). The number of nitrogens with one attached hydrogen (secondary N) is 1. The monoisotopic (exact) mass is 471 g/mol. The van der Waals surface area contributed by atoms with Crippen LogP contribution in [0.1, 0.15) is 12.8 Å². The number of nitrogens with zero attached hydrogens (tertiary/aromatic N) is 4. The van der Waals surface area contributed by atoms with Gasteiger partial charge < -0.3 is 24.5 Å². The maximum Gasteiger partial charge on any atom is 0.251 e. The van der Waals surface area contributed by atoms with Crippen LogP contribution in [0, 0.1) is 5.82 Å². The number of aliphatic hydroxyl groups excluding tert-OH is 1. The average Bonchev–Trinajstić information content (AvgIpc) is 2.87. The summed E-state index contributed by atoms with van der Waals surface area (Å²) in [4.78, 5) is 23.3. The van der Waals surface area contributed by atoms with Crippen molar-refractivity contribution in [2.75, 3.05) is 46.0 Å². The van der Waals surface area contributed by atoms with Gasteiger partial charge in [0.05, 0.1) is 42.7 Å². The molecule has 2 N–H and O–H groups in total. The van der Waals surface area contributed by atoms with Crippen LogP contribution in [0.2, 0.25) is 0 Å². The molecule has 0 aromatic carbocycles. The molecular weight excluding hydrogens is 441 g/mol. The van der Waals surface area contributed by atoms with E-state index in [9.17, 15) is 14.3 Å². The highest BCUT2D eigenvalue weighted by Gasteiger charge is 2.29. The van der Waals surface area contributed by atoms with E-state index in [4.69, 9.17) is 9.47 Å². The molecule has 0 bridgehead atoms. The van der Waals surface area contributed by atoms with Crippen LogP contribution in [0.4, 0.5) is 4.39 Å². The minimum atomic E-state index is -0.469. The molecule has 3 aliphatic heterocycles. The Balaban J connectivity index is 1.17. The van der Waals surface area contributed by atoms with E-state index in [1.807, 2.05) is 6.08 Å². The van der Waals surface area contributed by atoms with Gasteiger partial charge in [-0.15, -0.1) is 0 Å². The molecule has 0 saturated carbocycles. The molecule has 3 aliphatic rings. The molecule has 5 heterocycles. The van der Waals surface area contributed by atoms with Crippen LogP contribution in [0.25, 0.3) is 11.0 Å². The number of aromatic nitrogens is 2. The lowest BCUT2D eigenvalue weighted by atomic mass is 9.97. The first-order valence-corrected chi connectivity index (χ1v) is 11.8. The average molecular weight is 472 g/mol. The molecule has 10 heteroatoms. The third-order valence-electron chi connectivity index (χ3n) is 6.79. The summed E-state index contributed by atoms with van der Waals surface area (Å²) in [5.74, 6) is 0.392. The smallest absolute Gasteiger partial charge is 0.251 e. The van der Waals surface area contributed by atoms with Crippen molar-refractivity contribution in [3.63, 3.8) is 0 Å². The molecule has 34 heavy (non-hydrogen) atoms. The number of aliphatic imine (C=N–C) groups is 1. The molecule has 1 unspecified atom stereocenters. The number of pyridine rings is 2. The van der Waals surface area contributed by atoms with Gasteiger partial charge in [-0.2, -0.15) is 0 Å². The van der Waals surface area contributed by atoms with Crippen LogP contribution in [0.15, 0.2) is 46.0 Å². The van der Waals surface area contributed by atoms with Gasteiger partial charge in [0, 0.05) is 56.5 Å². The highest BCUT2D eigenvalue weighted by Crippen LogP contribution is 2.20. The SMILES string of the molecule is O=c1ccc2ncc(F)cc2n1CCN1CC[C@@H](NCC2=NCC3OCCOC3=C2)C[C@H]1CO. The molecule has 0 spiro atoms. The maximum atomic E-state index is 13.7. The van der Waals surface area contributed by atoms with E-state index in [0.717, 1.165) is 37.1 Å². The summed E-state index contributed by atoms with van der Waals surface area (Å²) in [6, 6.07) is 4.66. The minimum Gasteiger partial charge on any atom is -0.493 e. The van der Waals surface area contributed by atoms with Crippen molar-refractivity contribution in [2.24, 2.45) is 4.99 Å². The third-order valence-corrected chi connectivity index (χ3v) is 6.79. The zero-order valence-electron chi connectivity index (χ0n) is 19.0. The van der Waals surface area contributed by atoms with Gasteiger partial charge in [0.25, 0.3) is 5.56 Å². The van der Waals surface area contributed by atoms with Crippen LogP contribution < -0.4 is 10.9 Å². The number of ether oxygens (including phenoxy) is 2. The fourth-order valence-corrected chi connectivity index (χ4v) is 4.94. The molecule has 0 radical (unpaired) electrons. The van der Waals surface area contributed by atoms with Crippen LogP contribution >= 0.6 is 0 Å². The lowest BCUT2D eigenvalue weighted by Gasteiger charge is -2.39. The van der Waals surface area contributed by atoms with E-state index in [0.29, 0.717) is 50.4 Å². The van der Waals surface area contributed by atoms with Crippen molar-refractivity contribution in [2.45, 2.75) is 37.6 Å². The molecule has 182 valence electrons. The summed E-state index contributed by atoms with van der Waals surface area (Å²) in [7, 11) is 0. The molecule has 2 aromatic heterocycles. The Labute approximate surface area is 196 Å². The van der Waals surface area contributed by atoms with Crippen molar-refractivity contribution < 1.29 is 19.0 Å². The van der Waals surface area contributed by atoms with Gasteiger partial charge in [0.1, 0.15) is 24.3 Å². The van der Waals surface area contributed by atoms with Gasteiger partial charge in [-0.3, -0.25) is 19.7 Å². The van der Waals surface area contributed by atoms with E-state index < -0.39 is 5.82 Å². The number of hydrogen-bond acceptors (Lipinski definition) is 8. The minimum absolute atomic E-state index is 0.0158. The van der Waals surface area contributed by atoms with Crippen molar-refractivity contribution >= 4 is 16.7 Å². The highest BCUT2D eigenvalue weighted by molar-refractivity contribution is 5.97. The summed E-state index contributed by atoms with van der Waals surface area (Å²) in [6.45, 7) is 4.25. The number of rotatable bonds is 7. The van der Waals surface area contributed by atoms with Gasteiger partial charge in [0.2, 0.25) is 0 Å². The van der Waals surface area contributed by atoms with Crippen molar-refractivity contribution in [3.8, 4) is 0 Å². The summed E-state index contributed by atoms with van der Waals surface area (Å²) in [5.41, 5.74) is 1.84. The van der Waals surface area contributed by atoms with E-state index in [1.165, 1.54) is 12.1 Å². The number of fused-ring (bicyclic) bond motifs is 2. The predicted octanol–water partition coefficient (Wildman–Crippen LogP) is 0.704. The number of hydrogen-bond donors (Lipinski definition) is 2. The first-order chi connectivity index (χ1) is 16.6. The molecule has 9 nitrogen and oxygen atoms in total. The second kappa shape index (κ2) is 10.3. The normalized spacial score (nSPS) is 25.4. The second-order valence-corrected chi connectivity index (χ2v) is 8.94. The Hall–Kier alpha value is -2.66. The quantitative estimate of drug-likeness (QED) is 0.613. The molecule has 3 atom stereocenters. The summed E-state index contributed by atoms with van der Waals surface area (Å²) >= 11 is 0. The largest absolute Gasteiger partial charge is 0.493 e. The van der Waals surface area contributed by atoms with Gasteiger partial charge in [-0.1, -0.05) is 0 Å². The number of likely N-dealkylation sites (tertiary alicyclic amines) is 1. The lowest BCUT2D eigenvalue weighted by molar-refractivity contribution is -0.0382. The Morgan fingerprint density at radius 3 is 3.06 bits per heavy atom. The molecule has 2 aromatic rings.